The third kappa shape index (κ3) is 1.97. The van der Waals surface area contributed by atoms with Crippen molar-refractivity contribution in [2.24, 2.45) is 0 Å². The van der Waals surface area contributed by atoms with E-state index in [4.69, 9.17) is 4.42 Å². The molecule has 0 fully saturated rings. The van der Waals surface area contributed by atoms with Gasteiger partial charge in [-0.2, -0.15) is 4.39 Å². The highest BCUT2D eigenvalue weighted by Crippen LogP contribution is 2.39. The van der Waals surface area contributed by atoms with Gasteiger partial charge in [-0.05, 0) is 24.3 Å². The van der Waals surface area contributed by atoms with Gasteiger partial charge < -0.3 is 19.7 Å². The van der Waals surface area contributed by atoms with Crippen molar-refractivity contribution in [1.29, 1.82) is 0 Å². The number of aromatic hydroxyl groups is 3. The monoisotopic (exact) mass is 288 g/mol. The van der Waals surface area contributed by atoms with E-state index in [2.05, 4.69) is 0 Å². The molecule has 21 heavy (non-hydrogen) atoms. The summed E-state index contributed by atoms with van der Waals surface area (Å²) in [7, 11) is 0. The molecule has 0 saturated heterocycles. The Morgan fingerprint density at radius 1 is 1.00 bits per heavy atom. The lowest BCUT2D eigenvalue weighted by Crippen LogP contribution is -2.08. The van der Waals surface area contributed by atoms with Crippen molar-refractivity contribution in [3.63, 3.8) is 0 Å². The Bertz CT molecular complexity index is 891. The summed E-state index contributed by atoms with van der Waals surface area (Å²) >= 11 is 0. The van der Waals surface area contributed by atoms with Gasteiger partial charge in [0.05, 0.1) is 5.39 Å². The van der Waals surface area contributed by atoms with Crippen LogP contribution in [-0.4, -0.2) is 15.3 Å². The number of fused-ring (bicyclic) bond motifs is 1. The molecule has 1 heterocycles. The van der Waals surface area contributed by atoms with Crippen molar-refractivity contribution in [2.45, 2.75) is 0 Å². The molecule has 3 aromatic rings. The topological polar surface area (TPSA) is 90.9 Å². The van der Waals surface area contributed by atoms with Gasteiger partial charge in [-0.25, -0.2) is 0 Å². The van der Waals surface area contributed by atoms with Gasteiger partial charge in [0.25, 0.3) is 0 Å². The van der Waals surface area contributed by atoms with E-state index >= 15 is 0 Å². The minimum atomic E-state index is -1.14. The Hall–Kier alpha value is -3.02. The van der Waals surface area contributed by atoms with Crippen molar-refractivity contribution in [3.8, 4) is 28.6 Å². The predicted molar refractivity (Wildman–Crippen MR) is 72.9 cm³/mol. The molecule has 6 heteroatoms. The summed E-state index contributed by atoms with van der Waals surface area (Å²) in [4.78, 5) is 11.9. The zero-order valence-electron chi connectivity index (χ0n) is 10.5. The molecule has 5 nitrogen and oxygen atoms in total. The molecule has 0 spiro atoms. The van der Waals surface area contributed by atoms with Gasteiger partial charge in [-0.3, -0.25) is 4.79 Å². The van der Waals surface area contributed by atoms with Crippen molar-refractivity contribution in [2.75, 3.05) is 0 Å². The molecule has 0 aliphatic carbocycles. The lowest BCUT2D eigenvalue weighted by atomic mass is 10.1. The second-order valence-electron chi connectivity index (χ2n) is 4.43. The molecule has 0 atom stereocenters. The van der Waals surface area contributed by atoms with Gasteiger partial charge in [0, 0.05) is 5.56 Å². The number of phenolic OH excluding ortho intramolecular Hbond substituents is 3. The number of para-hydroxylation sites is 1. The zero-order valence-corrected chi connectivity index (χ0v) is 10.5. The van der Waals surface area contributed by atoms with Crippen molar-refractivity contribution < 1.29 is 24.1 Å². The highest BCUT2D eigenvalue weighted by Gasteiger charge is 2.18. The molecule has 0 amide bonds. The van der Waals surface area contributed by atoms with Crippen LogP contribution in [0.2, 0.25) is 0 Å². The molecule has 0 aliphatic rings. The number of halogens is 1. The molecule has 0 saturated carbocycles. The Labute approximate surface area is 117 Å². The maximum Gasteiger partial charge on any atom is 0.229 e. The summed E-state index contributed by atoms with van der Waals surface area (Å²) in [6, 6.07) is 8.12. The van der Waals surface area contributed by atoms with Gasteiger partial charge in [-0.1, -0.05) is 12.1 Å². The van der Waals surface area contributed by atoms with Crippen molar-refractivity contribution in [1.82, 2.24) is 0 Å². The predicted octanol–water partition coefficient (Wildman–Crippen LogP) is 2.72. The quantitative estimate of drug-likeness (QED) is 0.599. The third-order valence-corrected chi connectivity index (χ3v) is 3.07. The maximum atomic E-state index is 14.1. The largest absolute Gasteiger partial charge is 0.504 e. The van der Waals surface area contributed by atoms with Gasteiger partial charge in [-0.15, -0.1) is 0 Å². The summed E-state index contributed by atoms with van der Waals surface area (Å²) in [5.74, 6) is -3.61. The van der Waals surface area contributed by atoms with E-state index in [0.717, 1.165) is 12.1 Å². The Balaban J connectivity index is 2.35. The van der Waals surface area contributed by atoms with Crippen LogP contribution in [0.25, 0.3) is 22.3 Å². The Morgan fingerprint density at radius 2 is 1.62 bits per heavy atom. The molecule has 1 aromatic heterocycles. The fourth-order valence-corrected chi connectivity index (χ4v) is 2.04. The average Bonchev–Trinajstić information content (AvgIpc) is 2.48. The van der Waals surface area contributed by atoms with Gasteiger partial charge in [0.1, 0.15) is 5.58 Å². The first-order chi connectivity index (χ1) is 9.99. The number of benzene rings is 2. The Kier molecular flexibility index (Phi) is 2.79. The minimum Gasteiger partial charge on any atom is -0.504 e. The molecule has 0 unspecified atom stereocenters. The van der Waals surface area contributed by atoms with Gasteiger partial charge in [0.2, 0.25) is 11.2 Å². The molecular formula is C15H9FO5. The molecule has 3 N–H and O–H groups in total. The van der Waals surface area contributed by atoms with E-state index in [-0.39, 0.29) is 16.5 Å². The summed E-state index contributed by atoms with van der Waals surface area (Å²) in [5.41, 5.74) is -0.743. The fourth-order valence-electron chi connectivity index (χ4n) is 2.04. The van der Waals surface area contributed by atoms with E-state index in [1.807, 2.05) is 0 Å². The van der Waals surface area contributed by atoms with Crippen LogP contribution in [0.5, 0.6) is 17.2 Å². The summed E-state index contributed by atoms with van der Waals surface area (Å²) < 4.78 is 19.5. The smallest absolute Gasteiger partial charge is 0.229 e. The van der Waals surface area contributed by atoms with E-state index in [0.29, 0.717) is 0 Å². The van der Waals surface area contributed by atoms with Crippen LogP contribution in [0.15, 0.2) is 45.6 Å². The Morgan fingerprint density at radius 3 is 2.29 bits per heavy atom. The van der Waals surface area contributed by atoms with E-state index in [1.54, 1.807) is 12.1 Å². The SMILES string of the molecule is O=c1c(F)c(-c2cc(O)c(O)c(O)c2)oc2ccccc12. The highest BCUT2D eigenvalue weighted by molar-refractivity contribution is 5.79. The summed E-state index contributed by atoms with van der Waals surface area (Å²) in [5, 5.41) is 28.3. The molecule has 2 aromatic carbocycles. The molecule has 3 rings (SSSR count). The van der Waals surface area contributed by atoms with Crippen LogP contribution in [0.4, 0.5) is 4.39 Å². The van der Waals surface area contributed by atoms with Gasteiger partial charge in [0.15, 0.2) is 23.0 Å². The van der Waals surface area contributed by atoms with Gasteiger partial charge >= 0.3 is 0 Å². The van der Waals surface area contributed by atoms with E-state index in [1.165, 1.54) is 12.1 Å². The first kappa shape index (κ1) is 13.0. The molecule has 0 radical (unpaired) electrons. The van der Waals surface area contributed by atoms with Crippen LogP contribution in [-0.2, 0) is 0 Å². The van der Waals surface area contributed by atoms with Crippen molar-refractivity contribution in [3.05, 3.63) is 52.4 Å². The van der Waals surface area contributed by atoms with E-state index < -0.39 is 34.3 Å². The fraction of sp³-hybridized carbons (Fsp3) is 0. The van der Waals surface area contributed by atoms with E-state index in [9.17, 15) is 24.5 Å². The summed E-state index contributed by atoms with van der Waals surface area (Å²) in [6.07, 6.45) is 0. The van der Waals surface area contributed by atoms with Crippen LogP contribution in [0, 0.1) is 5.82 Å². The lowest BCUT2D eigenvalue weighted by molar-refractivity contribution is 0.368. The molecule has 0 aliphatic heterocycles. The van der Waals surface area contributed by atoms with Crippen LogP contribution in [0.3, 0.4) is 0 Å². The molecule has 106 valence electrons. The first-order valence-electron chi connectivity index (χ1n) is 5.95. The second-order valence-corrected chi connectivity index (χ2v) is 4.43. The molecule has 0 bridgehead atoms. The lowest BCUT2D eigenvalue weighted by Gasteiger charge is -2.07. The van der Waals surface area contributed by atoms with Crippen molar-refractivity contribution >= 4 is 11.0 Å². The first-order valence-corrected chi connectivity index (χ1v) is 5.95. The van der Waals surface area contributed by atoms with Crippen LogP contribution < -0.4 is 5.43 Å². The van der Waals surface area contributed by atoms with Crippen LogP contribution in [0.1, 0.15) is 0 Å². The maximum absolute atomic E-state index is 14.1. The zero-order chi connectivity index (χ0) is 15.1. The molecular weight excluding hydrogens is 279 g/mol. The average molecular weight is 288 g/mol. The number of phenols is 3. The standard InChI is InChI=1S/C15H9FO5/c16-12-13(19)8-3-1-2-4-11(8)21-15(12)7-5-9(17)14(20)10(18)6-7/h1-6,17-18,20H. The second kappa shape index (κ2) is 4.52. The number of hydrogen-bond acceptors (Lipinski definition) is 5. The van der Waals surface area contributed by atoms with Crippen LogP contribution >= 0.6 is 0 Å². The normalized spacial score (nSPS) is 10.9. The number of rotatable bonds is 1. The minimum absolute atomic E-state index is 0.0665. The highest BCUT2D eigenvalue weighted by atomic mass is 19.1. The number of hydrogen-bond donors (Lipinski definition) is 3. The third-order valence-electron chi connectivity index (χ3n) is 3.07. The summed E-state index contributed by atoms with van der Waals surface area (Å²) in [6.45, 7) is 0.